The van der Waals surface area contributed by atoms with Gasteiger partial charge in [0, 0.05) is 13.7 Å². The third kappa shape index (κ3) is 4.31. The van der Waals surface area contributed by atoms with Crippen molar-refractivity contribution in [2.75, 3.05) is 27.2 Å². The van der Waals surface area contributed by atoms with Crippen LogP contribution in [0.4, 0.5) is 0 Å². The minimum atomic E-state index is 0.681. The second-order valence-electron chi connectivity index (χ2n) is 4.08. The Balaban J connectivity index is 2.57. The van der Waals surface area contributed by atoms with E-state index in [-0.39, 0.29) is 0 Å². The van der Waals surface area contributed by atoms with Crippen molar-refractivity contribution in [2.24, 2.45) is 5.73 Å². The van der Waals surface area contributed by atoms with Gasteiger partial charge in [-0.1, -0.05) is 24.3 Å². The maximum Gasteiger partial charge on any atom is 0.0716 e. The molecule has 0 saturated carbocycles. The highest BCUT2D eigenvalue weighted by Crippen LogP contribution is 2.12. The summed E-state index contributed by atoms with van der Waals surface area (Å²) in [6.45, 7) is 3.43. The van der Waals surface area contributed by atoms with Gasteiger partial charge in [0.15, 0.2) is 0 Å². The van der Waals surface area contributed by atoms with E-state index in [2.05, 4.69) is 36.2 Å². The number of nitrogens with two attached hydrogens (primary N) is 1. The van der Waals surface area contributed by atoms with Crippen molar-refractivity contribution < 1.29 is 4.74 Å². The molecule has 0 bridgehead atoms. The third-order valence-corrected chi connectivity index (χ3v) is 2.60. The summed E-state index contributed by atoms with van der Waals surface area (Å²) in [6.07, 6.45) is 1.04. The van der Waals surface area contributed by atoms with Crippen LogP contribution in [0.5, 0.6) is 0 Å². The summed E-state index contributed by atoms with van der Waals surface area (Å²) in [6, 6.07) is 8.41. The first-order chi connectivity index (χ1) is 7.77. The molecular formula is C13H22N2O. The smallest absolute Gasteiger partial charge is 0.0716 e. The van der Waals surface area contributed by atoms with Gasteiger partial charge in [-0.2, -0.15) is 0 Å². The SMILES string of the molecule is COCc1ccccc1CN(C)CCCN. The summed E-state index contributed by atoms with van der Waals surface area (Å²) in [5.74, 6) is 0. The van der Waals surface area contributed by atoms with Crippen molar-refractivity contribution in [1.29, 1.82) is 0 Å². The van der Waals surface area contributed by atoms with Crippen molar-refractivity contribution in [3.05, 3.63) is 35.4 Å². The van der Waals surface area contributed by atoms with E-state index in [1.807, 2.05) is 0 Å². The Kier molecular flexibility index (Phi) is 6.08. The molecule has 0 spiro atoms. The van der Waals surface area contributed by atoms with Crippen molar-refractivity contribution in [2.45, 2.75) is 19.6 Å². The van der Waals surface area contributed by atoms with Crippen molar-refractivity contribution in [3.8, 4) is 0 Å². The van der Waals surface area contributed by atoms with Crippen LogP contribution < -0.4 is 5.73 Å². The lowest BCUT2D eigenvalue weighted by atomic mass is 10.1. The fourth-order valence-electron chi connectivity index (χ4n) is 1.74. The molecule has 1 aromatic carbocycles. The molecule has 0 aliphatic heterocycles. The monoisotopic (exact) mass is 222 g/mol. The zero-order chi connectivity index (χ0) is 11.8. The molecule has 0 atom stereocenters. The molecule has 0 unspecified atom stereocenters. The van der Waals surface area contributed by atoms with Gasteiger partial charge in [0.25, 0.3) is 0 Å². The second-order valence-corrected chi connectivity index (χ2v) is 4.08. The van der Waals surface area contributed by atoms with Crippen LogP contribution in [0.25, 0.3) is 0 Å². The van der Waals surface area contributed by atoms with Gasteiger partial charge in [0.05, 0.1) is 6.61 Å². The van der Waals surface area contributed by atoms with Gasteiger partial charge in [-0.25, -0.2) is 0 Å². The van der Waals surface area contributed by atoms with Gasteiger partial charge in [0.1, 0.15) is 0 Å². The molecule has 3 nitrogen and oxygen atoms in total. The van der Waals surface area contributed by atoms with Gasteiger partial charge in [-0.15, -0.1) is 0 Å². The van der Waals surface area contributed by atoms with E-state index in [4.69, 9.17) is 10.5 Å². The zero-order valence-corrected chi connectivity index (χ0v) is 10.3. The predicted molar refractivity (Wildman–Crippen MR) is 67.2 cm³/mol. The number of methoxy groups -OCH3 is 1. The zero-order valence-electron chi connectivity index (χ0n) is 10.3. The highest BCUT2D eigenvalue weighted by Gasteiger charge is 2.04. The van der Waals surface area contributed by atoms with Crippen LogP contribution in [-0.2, 0) is 17.9 Å². The topological polar surface area (TPSA) is 38.5 Å². The molecule has 0 radical (unpaired) electrons. The Hall–Kier alpha value is -0.900. The molecule has 1 rings (SSSR count). The van der Waals surface area contributed by atoms with Crippen molar-refractivity contribution in [1.82, 2.24) is 4.90 Å². The number of benzene rings is 1. The normalized spacial score (nSPS) is 11.0. The molecule has 0 heterocycles. The summed E-state index contributed by atoms with van der Waals surface area (Å²) in [5.41, 5.74) is 8.11. The first-order valence-corrected chi connectivity index (χ1v) is 5.72. The summed E-state index contributed by atoms with van der Waals surface area (Å²) in [5, 5.41) is 0. The van der Waals surface area contributed by atoms with Crippen LogP contribution >= 0.6 is 0 Å². The molecular weight excluding hydrogens is 200 g/mol. The Morgan fingerprint density at radius 2 is 1.94 bits per heavy atom. The fraction of sp³-hybridized carbons (Fsp3) is 0.538. The third-order valence-electron chi connectivity index (χ3n) is 2.60. The predicted octanol–water partition coefficient (Wildman–Crippen LogP) is 1.61. The van der Waals surface area contributed by atoms with Gasteiger partial charge < -0.3 is 15.4 Å². The maximum atomic E-state index is 5.50. The molecule has 2 N–H and O–H groups in total. The first-order valence-electron chi connectivity index (χ1n) is 5.72. The largest absolute Gasteiger partial charge is 0.380 e. The first kappa shape index (κ1) is 13.2. The van der Waals surface area contributed by atoms with Crippen LogP contribution in [0.2, 0.25) is 0 Å². The van der Waals surface area contributed by atoms with E-state index in [0.717, 1.165) is 26.1 Å². The van der Waals surface area contributed by atoms with Crippen LogP contribution in [-0.4, -0.2) is 32.1 Å². The van der Waals surface area contributed by atoms with E-state index in [0.29, 0.717) is 6.61 Å². The minimum Gasteiger partial charge on any atom is -0.380 e. The number of ether oxygens (including phenoxy) is 1. The number of hydrogen-bond acceptors (Lipinski definition) is 3. The number of rotatable bonds is 7. The van der Waals surface area contributed by atoms with Crippen LogP contribution in [0, 0.1) is 0 Å². The minimum absolute atomic E-state index is 0.681. The number of hydrogen-bond donors (Lipinski definition) is 1. The Morgan fingerprint density at radius 1 is 1.25 bits per heavy atom. The summed E-state index contributed by atoms with van der Waals surface area (Å²) in [4.78, 5) is 2.29. The number of nitrogens with zero attached hydrogens (tertiary/aromatic N) is 1. The molecule has 0 saturated heterocycles. The van der Waals surface area contributed by atoms with Crippen molar-refractivity contribution in [3.63, 3.8) is 0 Å². The van der Waals surface area contributed by atoms with Gasteiger partial charge in [-0.05, 0) is 37.7 Å². The standard InChI is InChI=1S/C13H22N2O/c1-15(9-5-8-14)10-12-6-3-4-7-13(12)11-16-2/h3-4,6-7H,5,8-11,14H2,1-2H3. The Labute approximate surface area is 98.2 Å². The molecule has 16 heavy (non-hydrogen) atoms. The molecule has 0 fully saturated rings. The highest BCUT2D eigenvalue weighted by atomic mass is 16.5. The molecule has 0 aromatic heterocycles. The van der Waals surface area contributed by atoms with E-state index in [1.54, 1.807) is 7.11 Å². The Morgan fingerprint density at radius 3 is 2.56 bits per heavy atom. The Bertz CT molecular complexity index is 302. The van der Waals surface area contributed by atoms with E-state index in [9.17, 15) is 0 Å². The van der Waals surface area contributed by atoms with Crippen LogP contribution in [0.15, 0.2) is 24.3 Å². The molecule has 0 aliphatic carbocycles. The van der Waals surface area contributed by atoms with Gasteiger partial charge in [-0.3, -0.25) is 0 Å². The molecule has 0 aliphatic rings. The summed E-state index contributed by atoms with van der Waals surface area (Å²) in [7, 11) is 3.86. The maximum absolute atomic E-state index is 5.50. The lowest BCUT2D eigenvalue weighted by Gasteiger charge is -2.18. The van der Waals surface area contributed by atoms with Crippen LogP contribution in [0.1, 0.15) is 17.5 Å². The van der Waals surface area contributed by atoms with E-state index >= 15 is 0 Å². The van der Waals surface area contributed by atoms with Crippen molar-refractivity contribution >= 4 is 0 Å². The van der Waals surface area contributed by atoms with Gasteiger partial charge in [0.2, 0.25) is 0 Å². The quantitative estimate of drug-likeness (QED) is 0.762. The van der Waals surface area contributed by atoms with E-state index < -0.39 is 0 Å². The molecule has 1 aromatic rings. The lowest BCUT2D eigenvalue weighted by molar-refractivity contribution is 0.183. The summed E-state index contributed by atoms with van der Waals surface area (Å²) >= 11 is 0. The van der Waals surface area contributed by atoms with Gasteiger partial charge >= 0.3 is 0 Å². The highest BCUT2D eigenvalue weighted by molar-refractivity contribution is 5.26. The lowest BCUT2D eigenvalue weighted by Crippen LogP contribution is -2.22. The second kappa shape index (κ2) is 7.39. The molecule has 90 valence electrons. The van der Waals surface area contributed by atoms with Crippen LogP contribution in [0.3, 0.4) is 0 Å². The average molecular weight is 222 g/mol. The average Bonchev–Trinajstić information content (AvgIpc) is 2.29. The molecule has 0 amide bonds. The molecule has 3 heteroatoms. The van der Waals surface area contributed by atoms with E-state index in [1.165, 1.54) is 11.1 Å². The summed E-state index contributed by atoms with van der Waals surface area (Å²) < 4.78 is 5.19. The fourth-order valence-corrected chi connectivity index (χ4v) is 1.74.